The fraction of sp³-hybridized carbons (Fsp3) is 0.235. The first-order valence-corrected chi connectivity index (χ1v) is 6.45. The number of rotatable bonds is 4. The van der Waals surface area contributed by atoms with Crippen LogP contribution in [0.3, 0.4) is 0 Å². The molecule has 1 heterocycles. The molecule has 0 aliphatic carbocycles. The molecule has 1 rings (SSSR count). The minimum atomic E-state index is 0.00273. The maximum absolute atomic E-state index is 12.5. The van der Waals surface area contributed by atoms with Crippen LogP contribution >= 0.6 is 0 Å². The standard InChI is InChI=1S/C17H21NO/c1-5-9-15(10-6-2)17(19)18-13-12-14(8-4)16(18)11-7-3/h5-11H,1,3,12-13H2,2,4H3/b10-6-,14-8-,15-9+,16-11+. The number of hydrogen-bond acceptors (Lipinski definition) is 1. The van der Waals surface area contributed by atoms with Crippen LogP contribution in [0.5, 0.6) is 0 Å². The van der Waals surface area contributed by atoms with Crippen LogP contribution in [-0.2, 0) is 4.79 Å². The van der Waals surface area contributed by atoms with Gasteiger partial charge >= 0.3 is 0 Å². The van der Waals surface area contributed by atoms with E-state index in [1.807, 2.05) is 32.1 Å². The number of nitrogens with zero attached hydrogens (tertiary/aromatic N) is 1. The van der Waals surface area contributed by atoms with E-state index >= 15 is 0 Å². The second-order valence-corrected chi connectivity index (χ2v) is 4.17. The number of allylic oxidation sites excluding steroid dienone is 7. The lowest BCUT2D eigenvalue weighted by Crippen LogP contribution is -2.27. The summed E-state index contributed by atoms with van der Waals surface area (Å²) in [4.78, 5) is 14.3. The normalized spacial score (nSPS) is 20.5. The summed E-state index contributed by atoms with van der Waals surface area (Å²) in [5.41, 5.74) is 2.78. The van der Waals surface area contributed by atoms with Gasteiger partial charge in [-0.25, -0.2) is 0 Å². The van der Waals surface area contributed by atoms with Crippen molar-refractivity contribution in [3.05, 3.63) is 72.5 Å². The van der Waals surface area contributed by atoms with Gasteiger partial charge in [0.15, 0.2) is 0 Å². The summed E-state index contributed by atoms with van der Waals surface area (Å²) in [6.45, 7) is 12.0. The third-order valence-electron chi connectivity index (χ3n) is 2.98. The molecule has 0 aromatic heterocycles. The predicted molar refractivity (Wildman–Crippen MR) is 81.5 cm³/mol. The summed E-state index contributed by atoms with van der Waals surface area (Å²) < 4.78 is 0. The van der Waals surface area contributed by atoms with Crippen LogP contribution in [0.15, 0.2) is 72.5 Å². The molecule has 0 atom stereocenters. The highest BCUT2D eigenvalue weighted by Crippen LogP contribution is 2.28. The fourth-order valence-corrected chi connectivity index (χ4v) is 2.13. The monoisotopic (exact) mass is 255 g/mol. The maximum Gasteiger partial charge on any atom is 0.258 e. The van der Waals surface area contributed by atoms with Crippen LogP contribution in [0, 0.1) is 0 Å². The van der Waals surface area contributed by atoms with E-state index in [0.29, 0.717) is 12.1 Å². The number of hydrogen-bond donors (Lipinski definition) is 0. The molecule has 1 amide bonds. The Morgan fingerprint density at radius 3 is 2.53 bits per heavy atom. The van der Waals surface area contributed by atoms with Crippen molar-refractivity contribution in [2.45, 2.75) is 20.3 Å². The maximum atomic E-state index is 12.5. The van der Waals surface area contributed by atoms with E-state index in [-0.39, 0.29) is 5.91 Å². The van der Waals surface area contributed by atoms with Crippen molar-refractivity contribution in [2.75, 3.05) is 6.54 Å². The highest BCUT2D eigenvalue weighted by atomic mass is 16.2. The van der Waals surface area contributed by atoms with E-state index < -0.39 is 0 Å². The Labute approximate surface area is 115 Å². The van der Waals surface area contributed by atoms with E-state index in [0.717, 1.165) is 12.1 Å². The van der Waals surface area contributed by atoms with Crippen LogP contribution in [0.1, 0.15) is 20.3 Å². The Hall–Kier alpha value is -2.09. The van der Waals surface area contributed by atoms with Crippen LogP contribution in [-0.4, -0.2) is 17.4 Å². The zero-order valence-electron chi connectivity index (χ0n) is 11.7. The zero-order chi connectivity index (χ0) is 14.3. The average Bonchev–Trinajstić information content (AvgIpc) is 2.81. The molecule has 2 heteroatoms. The lowest BCUT2D eigenvalue weighted by Gasteiger charge is -2.18. The second kappa shape index (κ2) is 7.37. The Bertz CT molecular complexity index is 489. The van der Waals surface area contributed by atoms with Crippen molar-refractivity contribution in [3.8, 4) is 0 Å². The van der Waals surface area contributed by atoms with E-state index in [1.54, 1.807) is 23.1 Å². The number of carbonyl (C=O) groups excluding carboxylic acids is 1. The van der Waals surface area contributed by atoms with Gasteiger partial charge in [0, 0.05) is 17.8 Å². The largest absolute Gasteiger partial charge is 0.308 e. The minimum absolute atomic E-state index is 0.00273. The van der Waals surface area contributed by atoms with Gasteiger partial charge in [-0.2, -0.15) is 0 Å². The zero-order valence-corrected chi connectivity index (χ0v) is 11.7. The molecule has 0 aromatic carbocycles. The molecule has 19 heavy (non-hydrogen) atoms. The molecule has 1 saturated heterocycles. The van der Waals surface area contributed by atoms with Crippen molar-refractivity contribution in [3.63, 3.8) is 0 Å². The molecule has 100 valence electrons. The van der Waals surface area contributed by atoms with Gasteiger partial charge in [-0.1, -0.05) is 49.6 Å². The topological polar surface area (TPSA) is 20.3 Å². The Morgan fingerprint density at radius 1 is 1.26 bits per heavy atom. The molecule has 0 spiro atoms. The highest BCUT2D eigenvalue weighted by Gasteiger charge is 2.27. The van der Waals surface area contributed by atoms with Crippen molar-refractivity contribution < 1.29 is 4.79 Å². The van der Waals surface area contributed by atoms with E-state index in [2.05, 4.69) is 19.2 Å². The third-order valence-corrected chi connectivity index (χ3v) is 2.98. The van der Waals surface area contributed by atoms with Gasteiger partial charge in [0.2, 0.25) is 0 Å². The molecule has 0 saturated carbocycles. The van der Waals surface area contributed by atoms with E-state index in [4.69, 9.17) is 0 Å². The SMILES string of the molecule is C=C/C=C(\C=C/C)C(=O)N1CCC(=C/C)/C1=C\C=C. The summed E-state index contributed by atoms with van der Waals surface area (Å²) in [5.74, 6) is 0.00273. The van der Waals surface area contributed by atoms with Gasteiger partial charge in [0.05, 0.1) is 0 Å². The molecule has 0 N–H and O–H groups in total. The molecule has 0 bridgehead atoms. The summed E-state index contributed by atoms with van der Waals surface area (Å²) in [5, 5.41) is 0. The summed E-state index contributed by atoms with van der Waals surface area (Å²) in [6.07, 6.45) is 13.6. The van der Waals surface area contributed by atoms with E-state index in [1.165, 1.54) is 5.57 Å². The molecule has 2 nitrogen and oxygen atoms in total. The van der Waals surface area contributed by atoms with Crippen molar-refractivity contribution in [1.82, 2.24) is 4.90 Å². The molecule has 1 aliphatic heterocycles. The lowest BCUT2D eigenvalue weighted by molar-refractivity contribution is -0.124. The van der Waals surface area contributed by atoms with Gasteiger partial charge in [0.1, 0.15) is 0 Å². The Morgan fingerprint density at radius 2 is 2.00 bits per heavy atom. The van der Waals surface area contributed by atoms with Crippen LogP contribution in [0.25, 0.3) is 0 Å². The lowest BCUT2D eigenvalue weighted by atomic mass is 10.1. The van der Waals surface area contributed by atoms with Gasteiger partial charge in [0.25, 0.3) is 5.91 Å². The molecule has 0 unspecified atom stereocenters. The minimum Gasteiger partial charge on any atom is -0.308 e. The van der Waals surface area contributed by atoms with Crippen LogP contribution in [0.4, 0.5) is 0 Å². The molecule has 0 radical (unpaired) electrons. The van der Waals surface area contributed by atoms with Crippen molar-refractivity contribution in [1.29, 1.82) is 0 Å². The Balaban J connectivity index is 3.11. The van der Waals surface area contributed by atoms with Gasteiger partial charge in [-0.15, -0.1) is 0 Å². The number of amides is 1. The quantitative estimate of drug-likeness (QED) is 0.550. The van der Waals surface area contributed by atoms with Crippen molar-refractivity contribution in [2.24, 2.45) is 0 Å². The summed E-state index contributed by atoms with van der Waals surface area (Å²) >= 11 is 0. The molecule has 1 aliphatic rings. The molecule has 1 fully saturated rings. The van der Waals surface area contributed by atoms with Crippen LogP contribution < -0.4 is 0 Å². The smallest absolute Gasteiger partial charge is 0.258 e. The highest BCUT2D eigenvalue weighted by molar-refractivity contribution is 5.98. The Kier molecular flexibility index (Phi) is 5.80. The first-order chi connectivity index (χ1) is 9.19. The van der Waals surface area contributed by atoms with Gasteiger partial charge < -0.3 is 4.90 Å². The average molecular weight is 255 g/mol. The van der Waals surface area contributed by atoms with Gasteiger partial charge in [-0.3, -0.25) is 4.79 Å². The van der Waals surface area contributed by atoms with Gasteiger partial charge in [-0.05, 0) is 31.9 Å². The van der Waals surface area contributed by atoms with Crippen molar-refractivity contribution >= 4 is 5.91 Å². The van der Waals surface area contributed by atoms with E-state index in [9.17, 15) is 4.79 Å². The molecular formula is C17H21NO. The molecular weight excluding hydrogens is 234 g/mol. The first kappa shape index (κ1) is 15.0. The number of likely N-dealkylation sites (tertiary alicyclic amines) is 1. The number of carbonyl (C=O) groups is 1. The fourth-order valence-electron chi connectivity index (χ4n) is 2.13. The van der Waals surface area contributed by atoms with Crippen LogP contribution in [0.2, 0.25) is 0 Å². The predicted octanol–water partition coefficient (Wildman–Crippen LogP) is 3.92. The first-order valence-electron chi connectivity index (χ1n) is 6.45. The second-order valence-electron chi connectivity index (χ2n) is 4.17. The molecule has 0 aromatic rings. The summed E-state index contributed by atoms with van der Waals surface area (Å²) in [7, 11) is 0. The third kappa shape index (κ3) is 3.44. The summed E-state index contributed by atoms with van der Waals surface area (Å²) in [6, 6.07) is 0.